The van der Waals surface area contributed by atoms with E-state index < -0.39 is 6.10 Å². The third kappa shape index (κ3) is 5.39. The zero-order valence-corrected chi connectivity index (χ0v) is 17.1. The fraction of sp³-hybridized carbons (Fsp3) is 0.348. The minimum atomic E-state index is -0.777. The first-order valence-electron chi connectivity index (χ1n) is 10.5. The van der Waals surface area contributed by atoms with Crippen molar-refractivity contribution in [2.75, 3.05) is 23.7 Å². The molecule has 2 N–H and O–H groups in total. The number of carbonyl (C=O) groups is 2. The van der Waals surface area contributed by atoms with Crippen LogP contribution in [0.5, 0.6) is 0 Å². The number of hydrogen-bond acceptors (Lipinski definition) is 4. The van der Waals surface area contributed by atoms with Gasteiger partial charge in [-0.3, -0.25) is 4.79 Å². The second-order valence-corrected chi connectivity index (χ2v) is 7.74. The van der Waals surface area contributed by atoms with E-state index in [0.29, 0.717) is 22.6 Å². The van der Waals surface area contributed by atoms with Crippen molar-refractivity contribution in [1.82, 2.24) is 4.90 Å². The number of hydrogen-bond donors (Lipinski definition) is 2. The fourth-order valence-electron chi connectivity index (χ4n) is 3.69. The molecule has 1 unspecified atom stereocenters. The summed E-state index contributed by atoms with van der Waals surface area (Å²) in [5.74, 6) is -0.701. The number of urea groups is 1. The van der Waals surface area contributed by atoms with Gasteiger partial charge in [-0.15, -0.1) is 0 Å². The average Bonchev–Trinajstić information content (AvgIpc) is 3.11. The number of anilines is 2. The van der Waals surface area contributed by atoms with Crippen molar-refractivity contribution in [1.29, 1.82) is 0 Å². The van der Waals surface area contributed by atoms with Gasteiger partial charge in [0.05, 0.1) is 5.71 Å². The maximum atomic E-state index is 13.4. The van der Waals surface area contributed by atoms with E-state index in [4.69, 9.17) is 4.84 Å². The van der Waals surface area contributed by atoms with Crippen molar-refractivity contribution in [3.8, 4) is 0 Å². The van der Waals surface area contributed by atoms with Crippen molar-refractivity contribution < 1.29 is 18.8 Å². The van der Waals surface area contributed by atoms with Gasteiger partial charge in [0.2, 0.25) is 6.10 Å². The third-order valence-electron chi connectivity index (χ3n) is 5.42. The van der Waals surface area contributed by atoms with Gasteiger partial charge in [0, 0.05) is 36.4 Å². The number of rotatable bonds is 4. The van der Waals surface area contributed by atoms with Gasteiger partial charge in [0.25, 0.3) is 5.91 Å². The molecule has 0 bridgehead atoms. The Kier molecular flexibility index (Phi) is 6.45. The Morgan fingerprint density at radius 2 is 1.65 bits per heavy atom. The summed E-state index contributed by atoms with van der Waals surface area (Å²) in [5.41, 5.74) is 2.38. The molecule has 1 saturated heterocycles. The molecule has 2 aliphatic rings. The van der Waals surface area contributed by atoms with E-state index in [0.717, 1.165) is 38.8 Å². The molecular formula is C23H25FN4O3. The molecule has 1 fully saturated rings. The highest BCUT2D eigenvalue weighted by atomic mass is 19.1. The molecule has 2 heterocycles. The Bertz CT molecular complexity index is 969. The summed E-state index contributed by atoms with van der Waals surface area (Å²) in [6.07, 6.45) is 3.88. The summed E-state index contributed by atoms with van der Waals surface area (Å²) in [6, 6.07) is 12.9. The summed E-state index contributed by atoms with van der Waals surface area (Å²) in [7, 11) is 0. The normalized spacial score (nSPS) is 18.5. The minimum absolute atomic E-state index is 0.0972. The van der Waals surface area contributed by atoms with Gasteiger partial charge in [0.15, 0.2) is 0 Å². The van der Waals surface area contributed by atoms with Crippen LogP contribution in [0.2, 0.25) is 0 Å². The van der Waals surface area contributed by atoms with Gasteiger partial charge in [0.1, 0.15) is 5.82 Å². The summed E-state index contributed by atoms with van der Waals surface area (Å²) >= 11 is 0. The smallest absolute Gasteiger partial charge is 0.321 e. The van der Waals surface area contributed by atoms with E-state index in [-0.39, 0.29) is 24.2 Å². The van der Waals surface area contributed by atoms with Gasteiger partial charge in [-0.25, -0.2) is 9.18 Å². The SMILES string of the molecule is O=C(Nc1ccc(NC(=O)N2CCCCCC2)cc1)C1CC(c2cccc(F)c2)=NO1. The molecular weight excluding hydrogens is 399 g/mol. The summed E-state index contributed by atoms with van der Waals surface area (Å²) in [5, 5.41) is 9.62. The predicted octanol–water partition coefficient (Wildman–Crippen LogP) is 4.37. The quantitative estimate of drug-likeness (QED) is 0.765. The average molecular weight is 424 g/mol. The minimum Gasteiger partial charge on any atom is -0.382 e. The maximum absolute atomic E-state index is 13.4. The summed E-state index contributed by atoms with van der Waals surface area (Å²) < 4.78 is 13.4. The molecule has 2 aromatic rings. The topological polar surface area (TPSA) is 83.0 Å². The molecule has 1 atom stereocenters. The summed E-state index contributed by atoms with van der Waals surface area (Å²) in [4.78, 5) is 32.0. The van der Waals surface area contributed by atoms with Crippen LogP contribution in [0.15, 0.2) is 53.7 Å². The largest absolute Gasteiger partial charge is 0.382 e. The number of halogens is 1. The molecule has 0 aromatic heterocycles. The molecule has 0 aliphatic carbocycles. The standard InChI is InChI=1S/C23H25FN4O3/c24-17-7-5-6-16(14-17)20-15-21(31-27-20)22(29)25-18-8-10-19(11-9-18)26-23(30)28-12-3-1-2-4-13-28/h5-11,14,21H,1-4,12-13,15H2,(H,25,29)(H,26,30). The Morgan fingerprint density at radius 3 is 2.32 bits per heavy atom. The van der Waals surface area contributed by atoms with Gasteiger partial charge in [-0.2, -0.15) is 0 Å². The van der Waals surface area contributed by atoms with Crippen molar-refractivity contribution >= 4 is 29.0 Å². The van der Waals surface area contributed by atoms with Crippen LogP contribution >= 0.6 is 0 Å². The van der Waals surface area contributed by atoms with Crippen molar-refractivity contribution in [3.05, 3.63) is 59.9 Å². The lowest BCUT2D eigenvalue weighted by molar-refractivity contribution is -0.125. The third-order valence-corrected chi connectivity index (χ3v) is 5.42. The van der Waals surface area contributed by atoms with Gasteiger partial charge >= 0.3 is 6.03 Å². The maximum Gasteiger partial charge on any atom is 0.321 e. The second kappa shape index (κ2) is 9.59. The van der Waals surface area contributed by atoms with E-state index in [1.54, 1.807) is 36.4 Å². The van der Waals surface area contributed by atoms with Crippen LogP contribution in [-0.2, 0) is 9.63 Å². The number of nitrogens with one attached hydrogen (secondary N) is 2. The molecule has 4 rings (SSSR count). The fourth-order valence-corrected chi connectivity index (χ4v) is 3.69. The molecule has 0 spiro atoms. The molecule has 0 radical (unpaired) electrons. The first-order valence-corrected chi connectivity index (χ1v) is 10.5. The highest BCUT2D eigenvalue weighted by molar-refractivity contribution is 6.06. The lowest BCUT2D eigenvalue weighted by Crippen LogP contribution is -2.35. The van der Waals surface area contributed by atoms with E-state index in [1.807, 2.05) is 4.90 Å². The van der Waals surface area contributed by atoms with Crippen molar-refractivity contribution in [2.45, 2.75) is 38.2 Å². The van der Waals surface area contributed by atoms with Crippen LogP contribution in [0.1, 0.15) is 37.7 Å². The molecule has 2 aliphatic heterocycles. The number of likely N-dealkylation sites (tertiary alicyclic amines) is 1. The van der Waals surface area contributed by atoms with Gasteiger partial charge in [-0.05, 0) is 49.2 Å². The number of amides is 3. The number of benzene rings is 2. The molecule has 0 saturated carbocycles. The van der Waals surface area contributed by atoms with Gasteiger partial charge in [-0.1, -0.05) is 30.1 Å². The van der Waals surface area contributed by atoms with E-state index in [9.17, 15) is 14.0 Å². The van der Waals surface area contributed by atoms with Crippen LogP contribution in [0.4, 0.5) is 20.6 Å². The molecule has 2 aromatic carbocycles. The monoisotopic (exact) mass is 424 g/mol. The molecule has 31 heavy (non-hydrogen) atoms. The molecule has 8 heteroatoms. The number of carbonyl (C=O) groups excluding carboxylic acids is 2. The van der Waals surface area contributed by atoms with Gasteiger partial charge < -0.3 is 20.4 Å². The van der Waals surface area contributed by atoms with Crippen LogP contribution in [0, 0.1) is 5.82 Å². The first kappa shape index (κ1) is 20.8. The lowest BCUT2D eigenvalue weighted by Gasteiger charge is -2.20. The predicted molar refractivity (Wildman–Crippen MR) is 117 cm³/mol. The van der Waals surface area contributed by atoms with Crippen LogP contribution in [-0.4, -0.2) is 41.7 Å². The van der Waals surface area contributed by atoms with E-state index in [1.165, 1.54) is 12.1 Å². The Balaban J connectivity index is 1.29. The number of oxime groups is 1. The Morgan fingerprint density at radius 1 is 0.968 bits per heavy atom. The van der Waals surface area contributed by atoms with Crippen LogP contribution in [0.3, 0.4) is 0 Å². The van der Waals surface area contributed by atoms with Crippen molar-refractivity contribution in [2.24, 2.45) is 5.16 Å². The lowest BCUT2D eigenvalue weighted by atomic mass is 10.0. The zero-order valence-electron chi connectivity index (χ0n) is 17.1. The molecule has 3 amide bonds. The number of nitrogens with zero attached hydrogens (tertiary/aromatic N) is 2. The molecule has 7 nitrogen and oxygen atoms in total. The first-order chi connectivity index (χ1) is 15.1. The Labute approximate surface area is 180 Å². The Hall–Kier alpha value is -3.42. The second-order valence-electron chi connectivity index (χ2n) is 7.74. The molecule has 162 valence electrons. The highest BCUT2D eigenvalue weighted by Gasteiger charge is 2.29. The van der Waals surface area contributed by atoms with Crippen LogP contribution < -0.4 is 10.6 Å². The van der Waals surface area contributed by atoms with E-state index in [2.05, 4.69) is 15.8 Å². The summed E-state index contributed by atoms with van der Waals surface area (Å²) in [6.45, 7) is 1.56. The van der Waals surface area contributed by atoms with Crippen LogP contribution in [0.25, 0.3) is 0 Å². The van der Waals surface area contributed by atoms with E-state index >= 15 is 0 Å². The van der Waals surface area contributed by atoms with Crippen molar-refractivity contribution in [3.63, 3.8) is 0 Å². The highest BCUT2D eigenvalue weighted by Crippen LogP contribution is 2.20. The zero-order chi connectivity index (χ0) is 21.6.